The SMILES string of the molecule is CCCNCC1CCCN(S(=O)(=O)NCc2ccsc2)C1. The Bertz CT molecular complexity index is 502. The van der Waals surface area contributed by atoms with Gasteiger partial charge in [0.15, 0.2) is 0 Å². The number of thiophene rings is 1. The molecule has 120 valence electrons. The van der Waals surface area contributed by atoms with Crippen LogP contribution in [-0.2, 0) is 16.8 Å². The van der Waals surface area contributed by atoms with Crippen molar-refractivity contribution in [3.8, 4) is 0 Å². The van der Waals surface area contributed by atoms with E-state index in [0.717, 1.165) is 37.9 Å². The van der Waals surface area contributed by atoms with Crippen molar-refractivity contribution in [2.45, 2.75) is 32.7 Å². The Morgan fingerprint density at radius 3 is 3.05 bits per heavy atom. The molecule has 0 amide bonds. The fourth-order valence-electron chi connectivity index (χ4n) is 2.55. The van der Waals surface area contributed by atoms with Crippen molar-refractivity contribution in [3.63, 3.8) is 0 Å². The van der Waals surface area contributed by atoms with Gasteiger partial charge in [-0.3, -0.25) is 0 Å². The Labute approximate surface area is 131 Å². The van der Waals surface area contributed by atoms with Crippen LogP contribution in [0.15, 0.2) is 16.8 Å². The molecule has 7 heteroatoms. The minimum atomic E-state index is -3.36. The quantitative estimate of drug-likeness (QED) is 0.714. The molecule has 2 rings (SSSR count). The van der Waals surface area contributed by atoms with Gasteiger partial charge in [-0.1, -0.05) is 6.92 Å². The molecule has 2 N–H and O–H groups in total. The first kappa shape index (κ1) is 16.9. The summed E-state index contributed by atoms with van der Waals surface area (Å²) in [4.78, 5) is 0. The van der Waals surface area contributed by atoms with Crippen LogP contribution in [0.5, 0.6) is 0 Å². The van der Waals surface area contributed by atoms with Crippen LogP contribution in [0.2, 0.25) is 0 Å². The van der Waals surface area contributed by atoms with E-state index < -0.39 is 10.2 Å². The summed E-state index contributed by atoms with van der Waals surface area (Å²) in [5, 5.41) is 7.32. The lowest BCUT2D eigenvalue weighted by atomic mass is 10.00. The zero-order valence-electron chi connectivity index (χ0n) is 12.5. The average molecular weight is 332 g/mol. The molecule has 1 saturated heterocycles. The van der Waals surface area contributed by atoms with Crippen LogP contribution in [-0.4, -0.2) is 38.9 Å². The zero-order chi connectivity index (χ0) is 15.1. The number of nitrogens with one attached hydrogen (secondary N) is 2. The topological polar surface area (TPSA) is 61.4 Å². The van der Waals surface area contributed by atoms with Crippen molar-refractivity contribution in [1.82, 2.24) is 14.3 Å². The predicted molar refractivity (Wildman–Crippen MR) is 87.5 cm³/mol. The van der Waals surface area contributed by atoms with E-state index in [1.54, 1.807) is 15.6 Å². The Morgan fingerprint density at radius 1 is 1.48 bits per heavy atom. The van der Waals surface area contributed by atoms with Crippen molar-refractivity contribution in [3.05, 3.63) is 22.4 Å². The second-order valence-corrected chi connectivity index (χ2v) is 8.06. The molecule has 0 saturated carbocycles. The van der Waals surface area contributed by atoms with Gasteiger partial charge >= 0.3 is 0 Å². The van der Waals surface area contributed by atoms with Crippen molar-refractivity contribution in [1.29, 1.82) is 0 Å². The Kier molecular flexibility index (Phi) is 6.63. The number of nitrogens with zero attached hydrogens (tertiary/aromatic N) is 1. The fourth-order valence-corrected chi connectivity index (χ4v) is 4.53. The van der Waals surface area contributed by atoms with Crippen molar-refractivity contribution in [2.24, 2.45) is 5.92 Å². The molecule has 1 aromatic heterocycles. The normalized spacial score (nSPS) is 20.7. The van der Waals surface area contributed by atoms with Gasteiger partial charge in [-0.25, -0.2) is 0 Å². The molecule has 5 nitrogen and oxygen atoms in total. The number of hydrogen-bond donors (Lipinski definition) is 2. The van der Waals surface area contributed by atoms with Crippen LogP contribution in [0, 0.1) is 5.92 Å². The molecule has 1 unspecified atom stereocenters. The highest BCUT2D eigenvalue weighted by Gasteiger charge is 2.28. The van der Waals surface area contributed by atoms with E-state index in [9.17, 15) is 8.42 Å². The summed E-state index contributed by atoms with van der Waals surface area (Å²) in [6.07, 6.45) is 3.15. The zero-order valence-corrected chi connectivity index (χ0v) is 14.2. The molecule has 0 bridgehead atoms. The van der Waals surface area contributed by atoms with Gasteiger partial charge in [0.05, 0.1) is 0 Å². The lowest BCUT2D eigenvalue weighted by molar-refractivity contribution is 0.258. The average Bonchev–Trinajstić information content (AvgIpc) is 2.99. The highest BCUT2D eigenvalue weighted by Crippen LogP contribution is 2.18. The van der Waals surface area contributed by atoms with Gasteiger partial charge < -0.3 is 5.32 Å². The fraction of sp³-hybridized carbons (Fsp3) is 0.714. The van der Waals surface area contributed by atoms with E-state index in [2.05, 4.69) is 17.0 Å². The molecule has 1 aliphatic heterocycles. The summed E-state index contributed by atoms with van der Waals surface area (Å²) in [7, 11) is -3.36. The minimum absolute atomic E-state index is 0.376. The number of piperidine rings is 1. The molecule has 0 aliphatic carbocycles. The molecule has 1 aliphatic rings. The van der Waals surface area contributed by atoms with E-state index in [1.165, 1.54) is 0 Å². The van der Waals surface area contributed by atoms with Gasteiger partial charge in [0.2, 0.25) is 0 Å². The lowest BCUT2D eigenvalue weighted by Crippen LogP contribution is -2.47. The van der Waals surface area contributed by atoms with Gasteiger partial charge in [-0.05, 0) is 60.7 Å². The van der Waals surface area contributed by atoms with E-state index in [-0.39, 0.29) is 0 Å². The molecular weight excluding hydrogens is 306 g/mol. The van der Waals surface area contributed by atoms with Crippen LogP contribution in [0.4, 0.5) is 0 Å². The molecule has 21 heavy (non-hydrogen) atoms. The number of hydrogen-bond acceptors (Lipinski definition) is 4. The van der Waals surface area contributed by atoms with Gasteiger partial charge in [0.25, 0.3) is 10.2 Å². The monoisotopic (exact) mass is 331 g/mol. The van der Waals surface area contributed by atoms with E-state index in [0.29, 0.717) is 25.6 Å². The van der Waals surface area contributed by atoms with Gasteiger partial charge in [-0.2, -0.15) is 28.8 Å². The second-order valence-electron chi connectivity index (χ2n) is 5.53. The van der Waals surface area contributed by atoms with Crippen molar-refractivity contribution in [2.75, 3.05) is 26.2 Å². The van der Waals surface area contributed by atoms with Crippen LogP contribution in [0.25, 0.3) is 0 Å². The lowest BCUT2D eigenvalue weighted by Gasteiger charge is -2.32. The van der Waals surface area contributed by atoms with Crippen LogP contribution >= 0.6 is 11.3 Å². The maximum atomic E-state index is 12.4. The molecule has 0 aromatic carbocycles. The first-order chi connectivity index (χ1) is 10.1. The largest absolute Gasteiger partial charge is 0.316 e. The van der Waals surface area contributed by atoms with Crippen molar-refractivity contribution < 1.29 is 8.42 Å². The van der Waals surface area contributed by atoms with Crippen LogP contribution in [0.3, 0.4) is 0 Å². The molecule has 0 radical (unpaired) electrons. The van der Waals surface area contributed by atoms with Crippen molar-refractivity contribution >= 4 is 21.5 Å². The Hall–Kier alpha value is -0.470. The summed E-state index contributed by atoms with van der Waals surface area (Å²) >= 11 is 1.58. The molecule has 1 fully saturated rings. The summed E-state index contributed by atoms with van der Waals surface area (Å²) in [6.45, 7) is 5.67. The highest BCUT2D eigenvalue weighted by molar-refractivity contribution is 7.87. The molecule has 1 aromatic rings. The third kappa shape index (κ3) is 5.34. The van der Waals surface area contributed by atoms with E-state index >= 15 is 0 Å². The van der Waals surface area contributed by atoms with Crippen LogP contribution < -0.4 is 10.0 Å². The third-order valence-electron chi connectivity index (χ3n) is 3.72. The summed E-state index contributed by atoms with van der Waals surface area (Å²) in [5.74, 6) is 0.419. The molecule has 2 heterocycles. The van der Waals surface area contributed by atoms with Crippen LogP contribution in [0.1, 0.15) is 31.7 Å². The molecular formula is C14H25N3O2S2. The highest BCUT2D eigenvalue weighted by atomic mass is 32.2. The standard InChI is InChI=1S/C14H25N3O2S2/c1-2-6-15-9-13-4-3-7-17(11-13)21(18,19)16-10-14-5-8-20-12-14/h5,8,12-13,15-16H,2-4,6-7,9-11H2,1H3. The van der Waals surface area contributed by atoms with Gasteiger partial charge in [0, 0.05) is 19.6 Å². The Morgan fingerprint density at radius 2 is 2.33 bits per heavy atom. The number of rotatable bonds is 8. The molecule has 1 atom stereocenters. The summed E-state index contributed by atoms with van der Waals surface area (Å²) in [6, 6.07) is 1.95. The van der Waals surface area contributed by atoms with Gasteiger partial charge in [0.1, 0.15) is 0 Å². The maximum absolute atomic E-state index is 12.4. The summed E-state index contributed by atoms with van der Waals surface area (Å²) < 4.78 is 29.0. The predicted octanol–water partition coefficient (Wildman–Crippen LogP) is 1.79. The summed E-state index contributed by atoms with van der Waals surface area (Å²) in [5.41, 5.74) is 1.02. The smallest absolute Gasteiger partial charge is 0.279 e. The minimum Gasteiger partial charge on any atom is -0.316 e. The first-order valence-corrected chi connectivity index (χ1v) is 9.96. The van der Waals surface area contributed by atoms with E-state index in [4.69, 9.17) is 0 Å². The third-order valence-corrected chi connectivity index (χ3v) is 5.97. The van der Waals surface area contributed by atoms with Gasteiger partial charge in [-0.15, -0.1) is 0 Å². The van der Waals surface area contributed by atoms with E-state index in [1.807, 2.05) is 16.8 Å². The first-order valence-electron chi connectivity index (χ1n) is 7.58. The Balaban J connectivity index is 1.83. The second kappa shape index (κ2) is 8.24. The maximum Gasteiger partial charge on any atom is 0.279 e. The molecule has 0 spiro atoms.